The van der Waals surface area contributed by atoms with Crippen molar-refractivity contribution < 1.29 is 13.2 Å². The average Bonchev–Trinajstić information content (AvgIpc) is 3.15. The van der Waals surface area contributed by atoms with Crippen LogP contribution in [0, 0.1) is 5.92 Å². The number of sulfonamides is 1. The van der Waals surface area contributed by atoms with Crippen LogP contribution in [0.25, 0.3) is 0 Å². The van der Waals surface area contributed by atoms with Gasteiger partial charge in [0.25, 0.3) is 10.0 Å². The number of nitrogens with two attached hydrogens (primary N) is 1. The van der Waals surface area contributed by atoms with Gasteiger partial charge in [-0.25, -0.2) is 8.42 Å². The SMILES string of the molecule is COCCN(C(C)C1CC1)S(=O)(=O)c1cc(CN)cs1. The Bertz CT molecular complexity index is 538. The second kappa shape index (κ2) is 6.53. The predicted molar refractivity (Wildman–Crippen MR) is 80.2 cm³/mol. The van der Waals surface area contributed by atoms with Gasteiger partial charge in [-0.05, 0) is 42.7 Å². The molecule has 2 N–H and O–H groups in total. The zero-order valence-corrected chi connectivity index (χ0v) is 13.5. The van der Waals surface area contributed by atoms with Crippen molar-refractivity contribution in [3.05, 3.63) is 17.0 Å². The number of rotatable bonds is 8. The molecule has 0 spiro atoms. The lowest BCUT2D eigenvalue weighted by atomic mass is 10.2. The number of hydrogen-bond donors (Lipinski definition) is 1. The van der Waals surface area contributed by atoms with E-state index in [4.69, 9.17) is 10.5 Å². The smallest absolute Gasteiger partial charge is 0.252 e. The second-order valence-electron chi connectivity index (χ2n) is 5.16. The fourth-order valence-electron chi connectivity index (χ4n) is 2.25. The molecule has 1 aromatic heterocycles. The highest BCUT2D eigenvalue weighted by molar-refractivity contribution is 7.91. The van der Waals surface area contributed by atoms with Crippen LogP contribution in [0.4, 0.5) is 0 Å². The first kappa shape index (κ1) is 15.9. The molecule has 0 saturated heterocycles. The van der Waals surface area contributed by atoms with Gasteiger partial charge in [0.15, 0.2) is 0 Å². The Balaban J connectivity index is 2.24. The van der Waals surface area contributed by atoms with Gasteiger partial charge in [-0.1, -0.05) is 0 Å². The van der Waals surface area contributed by atoms with E-state index in [1.165, 1.54) is 11.3 Å². The van der Waals surface area contributed by atoms with Crippen molar-refractivity contribution in [2.75, 3.05) is 20.3 Å². The zero-order chi connectivity index (χ0) is 14.8. The number of hydrogen-bond acceptors (Lipinski definition) is 5. The number of thiophene rings is 1. The minimum Gasteiger partial charge on any atom is -0.383 e. The number of methoxy groups -OCH3 is 1. The Labute approximate surface area is 124 Å². The van der Waals surface area contributed by atoms with Gasteiger partial charge < -0.3 is 10.5 Å². The number of nitrogens with zero attached hydrogens (tertiary/aromatic N) is 1. The van der Waals surface area contributed by atoms with Crippen LogP contribution in [0.1, 0.15) is 25.3 Å². The van der Waals surface area contributed by atoms with Crippen LogP contribution in [0.3, 0.4) is 0 Å². The molecular weight excluding hydrogens is 296 g/mol. The molecule has 1 aromatic rings. The normalized spacial score (nSPS) is 17.6. The summed E-state index contributed by atoms with van der Waals surface area (Å²) in [7, 11) is -1.86. The molecule has 0 bridgehead atoms. The molecule has 0 aliphatic heterocycles. The zero-order valence-electron chi connectivity index (χ0n) is 11.9. The minimum atomic E-state index is -3.45. The molecule has 1 atom stereocenters. The summed E-state index contributed by atoms with van der Waals surface area (Å²) in [5.41, 5.74) is 6.42. The number of ether oxygens (including phenoxy) is 1. The first-order chi connectivity index (χ1) is 9.50. The molecule has 1 unspecified atom stereocenters. The lowest BCUT2D eigenvalue weighted by Crippen LogP contribution is -2.41. The van der Waals surface area contributed by atoms with Gasteiger partial charge in [0.05, 0.1) is 6.61 Å². The molecule has 7 heteroatoms. The van der Waals surface area contributed by atoms with Crippen LogP contribution in [-0.2, 0) is 21.3 Å². The van der Waals surface area contributed by atoms with E-state index in [2.05, 4.69) is 0 Å². The molecule has 1 aliphatic carbocycles. The highest BCUT2D eigenvalue weighted by Crippen LogP contribution is 2.37. The van der Waals surface area contributed by atoms with Gasteiger partial charge in [0.1, 0.15) is 4.21 Å². The Morgan fingerprint density at radius 3 is 2.75 bits per heavy atom. The highest BCUT2D eigenvalue weighted by Gasteiger charge is 2.38. The molecule has 1 fully saturated rings. The Hall–Kier alpha value is -0.470. The lowest BCUT2D eigenvalue weighted by Gasteiger charge is -2.27. The first-order valence-corrected chi connectivity index (χ1v) is 9.11. The highest BCUT2D eigenvalue weighted by atomic mass is 32.2. The van der Waals surface area contributed by atoms with Crippen LogP contribution in [-0.4, -0.2) is 39.0 Å². The van der Waals surface area contributed by atoms with E-state index in [0.29, 0.717) is 29.8 Å². The molecule has 2 rings (SSSR count). The Kier molecular flexibility index (Phi) is 5.19. The van der Waals surface area contributed by atoms with Crippen molar-refractivity contribution in [2.45, 2.75) is 36.6 Å². The molecule has 1 aliphatic rings. The maximum absolute atomic E-state index is 12.8. The van der Waals surface area contributed by atoms with Gasteiger partial charge in [-0.15, -0.1) is 11.3 Å². The lowest BCUT2D eigenvalue weighted by molar-refractivity contribution is 0.164. The summed E-state index contributed by atoms with van der Waals surface area (Å²) in [6.07, 6.45) is 2.22. The summed E-state index contributed by atoms with van der Waals surface area (Å²) >= 11 is 1.24. The van der Waals surface area contributed by atoms with Crippen LogP contribution in [0.15, 0.2) is 15.7 Å². The van der Waals surface area contributed by atoms with E-state index in [1.54, 1.807) is 17.5 Å². The van der Waals surface area contributed by atoms with Gasteiger partial charge in [0.2, 0.25) is 0 Å². The van der Waals surface area contributed by atoms with Crippen LogP contribution in [0.5, 0.6) is 0 Å². The first-order valence-electron chi connectivity index (χ1n) is 6.79. The average molecular weight is 318 g/mol. The third kappa shape index (κ3) is 3.40. The molecule has 0 radical (unpaired) electrons. The monoisotopic (exact) mass is 318 g/mol. The Morgan fingerprint density at radius 1 is 1.55 bits per heavy atom. The Morgan fingerprint density at radius 2 is 2.25 bits per heavy atom. The maximum atomic E-state index is 12.8. The van der Waals surface area contributed by atoms with E-state index in [-0.39, 0.29) is 6.04 Å². The predicted octanol–water partition coefficient (Wildman–Crippen LogP) is 1.64. The molecule has 5 nitrogen and oxygen atoms in total. The van der Waals surface area contributed by atoms with Crippen molar-refractivity contribution in [3.8, 4) is 0 Å². The van der Waals surface area contributed by atoms with Crippen molar-refractivity contribution in [3.63, 3.8) is 0 Å². The van der Waals surface area contributed by atoms with Crippen molar-refractivity contribution in [2.24, 2.45) is 11.7 Å². The van der Waals surface area contributed by atoms with Gasteiger partial charge in [0, 0.05) is 26.2 Å². The summed E-state index contributed by atoms with van der Waals surface area (Å²) in [6, 6.07) is 1.71. The molecule has 0 amide bonds. The molecule has 1 heterocycles. The van der Waals surface area contributed by atoms with E-state index < -0.39 is 10.0 Å². The summed E-state index contributed by atoms with van der Waals surface area (Å²) < 4.78 is 32.6. The van der Waals surface area contributed by atoms with E-state index in [9.17, 15) is 8.42 Å². The summed E-state index contributed by atoms with van der Waals surface area (Å²) in [4.78, 5) is 0. The van der Waals surface area contributed by atoms with E-state index >= 15 is 0 Å². The van der Waals surface area contributed by atoms with Gasteiger partial charge in [-0.3, -0.25) is 0 Å². The van der Waals surface area contributed by atoms with E-state index in [1.807, 2.05) is 12.3 Å². The molecular formula is C13H22N2O3S2. The summed E-state index contributed by atoms with van der Waals surface area (Å²) in [5.74, 6) is 0.482. The van der Waals surface area contributed by atoms with E-state index in [0.717, 1.165) is 18.4 Å². The van der Waals surface area contributed by atoms with Crippen molar-refractivity contribution in [1.82, 2.24) is 4.31 Å². The quantitative estimate of drug-likeness (QED) is 0.791. The van der Waals surface area contributed by atoms with Gasteiger partial charge in [-0.2, -0.15) is 4.31 Å². The minimum absolute atomic E-state index is 0.0265. The molecule has 1 saturated carbocycles. The second-order valence-corrected chi connectivity index (χ2v) is 8.19. The third-order valence-corrected chi connectivity index (χ3v) is 7.15. The standard InChI is InChI=1S/C13H22N2O3S2/c1-10(12-3-4-12)15(5-6-18-2)20(16,17)13-7-11(8-14)9-19-13/h7,9-10,12H,3-6,8,14H2,1-2H3. The summed E-state index contributed by atoms with van der Waals surface area (Å²) in [5, 5.41) is 1.81. The molecule has 114 valence electrons. The van der Waals surface area contributed by atoms with Crippen molar-refractivity contribution in [1.29, 1.82) is 0 Å². The third-order valence-electron chi connectivity index (χ3n) is 3.70. The van der Waals surface area contributed by atoms with Gasteiger partial charge >= 0.3 is 0 Å². The van der Waals surface area contributed by atoms with Crippen molar-refractivity contribution >= 4 is 21.4 Å². The van der Waals surface area contributed by atoms with Crippen LogP contribution < -0.4 is 5.73 Å². The molecule has 20 heavy (non-hydrogen) atoms. The fourth-order valence-corrected chi connectivity index (χ4v) is 5.27. The molecule has 0 aromatic carbocycles. The van der Waals surface area contributed by atoms with Crippen LogP contribution >= 0.6 is 11.3 Å². The largest absolute Gasteiger partial charge is 0.383 e. The topological polar surface area (TPSA) is 72.6 Å². The fraction of sp³-hybridized carbons (Fsp3) is 0.692. The van der Waals surface area contributed by atoms with Crippen LogP contribution in [0.2, 0.25) is 0 Å². The summed E-state index contributed by atoms with van der Waals surface area (Å²) in [6.45, 7) is 3.16. The maximum Gasteiger partial charge on any atom is 0.252 e.